The first kappa shape index (κ1) is 18.4. The van der Waals surface area contributed by atoms with Crippen LogP contribution in [0.3, 0.4) is 0 Å². The topological polar surface area (TPSA) is 56.8 Å². The van der Waals surface area contributed by atoms with E-state index in [0.717, 1.165) is 25.0 Å². The molecule has 0 aliphatic carbocycles. The third-order valence-electron chi connectivity index (χ3n) is 6.07. The highest BCUT2D eigenvalue weighted by atomic mass is 19.2. The molecule has 0 saturated carbocycles. The molecule has 2 bridgehead atoms. The van der Waals surface area contributed by atoms with Gasteiger partial charge in [-0.15, -0.1) is 0 Å². The van der Waals surface area contributed by atoms with E-state index in [-0.39, 0.29) is 17.8 Å². The van der Waals surface area contributed by atoms with Gasteiger partial charge in [-0.05, 0) is 32.7 Å². The Morgan fingerprint density at radius 3 is 2.41 bits per heavy atom. The number of halogens is 2. The molecule has 3 heterocycles. The van der Waals surface area contributed by atoms with Gasteiger partial charge >= 0.3 is 6.03 Å². The lowest BCUT2D eigenvalue weighted by atomic mass is 9.98. The molecule has 0 spiro atoms. The molecule has 4 rings (SSSR count). The van der Waals surface area contributed by atoms with Gasteiger partial charge in [0.25, 0.3) is 0 Å². The number of benzene rings is 1. The summed E-state index contributed by atoms with van der Waals surface area (Å²) in [6.07, 6.45) is 4.19. The molecule has 1 aromatic rings. The zero-order valence-corrected chi connectivity index (χ0v) is 15.5. The van der Waals surface area contributed by atoms with Crippen molar-refractivity contribution in [1.29, 1.82) is 0 Å². The van der Waals surface area contributed by atoms with Crippen molar-refractivity contribution in [2.24, 2.45) is 0 Å². The lowest BCUT2D eigenvalue weighted by molar-refractivity contribution is 0.122. The van der Waals surface area contributed by atoms with E-state index in [0.29, 0.717) is 44.1 Å². The maximum Gasteiger partial charge on any atom is 0.319 e. The van der Waals surface area contributed by atoms with Crippen LogP contribution in [-0.4, -0.2) is 62.4 Å². The Kier molecular flexibility index (Phi) is 5.19. The van der Waals surface area contributed by atoms with Gasteiger partial charge < -0.3 is 25.2 Å². The maximum absolute atomic E-state index is 13.8. The van der Waals surface area contributed by atoms with Crippen molar-refractivity contribution in [3.05, 3.63) is 23.8 Å². The van der Waals surface area contributed by atoms with Crippen LogP contribution in [-0.2, 0) is 4.74 Å². The Hall–Kier alpha value is -1.93. The highest BCUT2D eigenvalue weighted by Gasteiger charge is 2.38. The fourth-order valence-corrected chi connectivity index (χ4v) is 4.58. The first-order valence-electron chi connectivity index (χ1n) is 9.62. The number of fused-ring (bicyclic) bond motifs is 2. The Bertz CT molecular complexity index is 697. The monoisotopic (exact) mass is 380 g/mol. The summed E-state index contributed by atoms with van der Waals surface area (Å²) in [5.41, 5.74) is 0.764. The number of hydrogen-bond donors (Lipinski definition) is 2. The van der Waals surface area contributed by atoms with Gasteiger partial charge in [0.15, 0.2) is 11.6 Å². The molecule has 1 aromatic carbocycles. The summed E-state index contributed by atoms with van der Waals surface area (Å²) in [5, 5.41) is 5.75. The molecule has 27 heavy (non-hydrogen) atoms. The first-order valence-corrected chi connectivity index (χ1v) is 9.62. The van der Waals surface area contributed by atoms with Crippen molar-refractivity contribution in [2.45, 2.75) is 43.8 Å². The first-order chi connectivity index (χ1) is 13.0. The highest BCUT2D eigenvalue weighted by Crippen LogP contribution is 2.34. The predicted molar refractivity (Wildman–Crippen MR) is 99.1 cm³/mol. The van der Waals surface area contributed by atoms with Crippen molar-refractivity contribution in [3.8, 4) is 0 Å². The van der Waals surface area contributed by atoms with Crippen LogP contribution in [0.5, 0.6) is 0 Å². The normalized spacial score (nSPS) is 28.3. The van der Waals surface area contributed by atoms with E-state index in [1.54, 1.807) is 0 Å². The van der Waals surface area contributed by atoms with Crippen LogP contribution < -0.4 is 15.5 Å². The number of amides is 2. The second-order valence-corrected chi connectivity index (χ2v) is 7.70. The third-order valence-corrected chi connectivity index (χ3v) is 6.07. The molecule has 2 unspecified atom stereocenters. The average Bonchev–Trinajstić information content (AvgIpc) is 2.86. The van der Waals surface area contributed by atoms with Crippen molar-refractivity contribution >= 4 is 17.4 Å². The number of ether oxygens (including phenoxy) is 1. The van der Waals surface area contributed by atoms with Crippen molar-refractivity contribution in [2.75, 3.05) is 43.6 Å². The minimum Gasteiger partial charge on any atom is -0.378 e. The Morgan fingerprint density at radius 1 is 1.11 bits per heavy atom. The van der Waals surface area contributed by atoms with Crippen LogP contribution in [0.15, 0.2) is 12.1 Å². The Morgan fingerprint density at radius 2 is 1.74 bits per heavy atom. The highest BCUT2D eigenvalue weighted by molar-refractivity contribution is 5.93. The summed E-state index contributed by atoms with van der Waals surface area (Å²) >= 11 is 0. The SMILES string of the molecule is CN1C2CCC1CC(NC(=O)Nc1cc(F)c(F)cc1N1CCOCC1)C2. The lowest BCUT2D eigenvalue weighted by Crippen LogP contribution is -2.49. The van der Waals surface area contributed by atoms with Crippen molar-refractivity contribution < 1.29 is 18.3 Å². The molecule has 3 fully saturated rings. The van der Waals surface area contributed by atoms with Crippen LogP contribution in [0.25, 0.3) is 0 Å². The maximum atomic E-state index is 13.8. The number of nitrogens with zero attached hydrogens (tertiary/aromatic N) is 2. The Labute approximate surface area is 157 Å². The van der Waals surface area contributed by atoms with E-state index in [1.807, 2.05) is 4.90 Å². The third kappa shape index (κ3) is 3.87. The van der Waals surface area contributed by atoms with Crippen molar-refractivity contribution in [3.63, 3.8) is 0 Å². The zero-order chi connectivity index (χ0) is 19.0. The minimum atomic E-state index is -0.973. The number of morpholine rings is 1. The van der Waals surface area contributed by atoms with E-state index in [2.05, 4.69) is 22.6 Å². The molecule has 8 heteroatoms. The number of piperidine rings is 1. The molecule has 2 amide bonds. The molecule has 0 radical (unpaired) electrons. The second-order valence-electron chi connectivity index (χ2n) is 7.70. The molecule has 3 aliphatic heterocycles. The largest absolute Gasteiger partial charge is 0.378 e. The molecule has 2 atom stereocenters. The van der Waals surface area contributed by atoms with Gasteiger partial charge in [0.2, 0.25) is 0 Å². The number of hydrogen-bond acceptors (Lipinski definition) is 4. The quantitative estimate of drug-likeness (QED) is 0.846. The number of rotatable bonds is 3. The van der Waals surface area contributed by atoms with Gasteiger partial charge in [0.05, 0.1) is 24.6 Å². The summed E-state index contributed by atoms with van der Waals surface area (Å²) in [4.78, 5) is 16.8. The summed E-state index contributed by atoms with van der Waals surface area (Å²) in [6, 6.07) is 2.96. The van der Waals surface area contributed by atoms with E-state index >= 15 is 0 Å². The van der Waals surface area contributed by atoms with E-state index in [1.165, 1.54) is 12.8 Å². The average molecular weight is 380 g/mol. The van der Waals surface area contributed by atoms with Gasteiger partial charge in [-0.25, -0.2) is 13.6 Å². The van der Waals surface area contributed by atoms with Crippen LogP contribution in [0.2, 0.25) is 0 Å². The Balaban J connectivity index is 1.45. The lowest BCUT2D eigenvalue weighted by Gasteiger charge is -2.36. The van der Waals surface area contributed by atoms with Crippen molar-refractivity contribution in [1.82, 2.24) is 10.2 Å². The van der Waals surface area contributed by atoms with Crippen LogP contribution >= 0.6 is 0 Å². The molecule has 0 aromatic heterocycles. The molecule has 148 valence electrons. The fourth-order valence-electron chi connectivity index (χ4n) is 4.58. The number of anilines is 2. The number of carbonyl (C=O) groups excluding carboxylic acids is 1. The summed E-state index contributed by atoms with van der Waals surface area (Å²) in [7, 11) is 2.15. The molecular weight excluding hydrogens is 354 g/mol. The molecule has 6 nitrogen and oxygen atoms in total. The van der Waals surface area contributed by atoms with Gasteiger partial charge in [-0.3, -0.25) is 0 Å². The van der Waals surface area contributed by atoms with E-state index in [9.17, 15) is 13.6 Å². The zero-order valence-electron chi connectivity index (χ0n) is 15.5. The number of urea groups is 1. The smallest absolute Gasteiger partial charge is 0.319 e. The van der Waals surface area contributed by atoms with Crippen LogP contribution in [0, 0.1) is 11.6 Å². The standard InChI is InChI=1S/C19H26F2N4O2/c1-24-13-2-3-14(24)9-12(8-13)22-19(26)23-17-10-15(20)16(21)11-18(17)25-4-6-27-7-5-25/h10-14H,2-9H2,1H3,(H2,22,23,26). The second kappa shape index (κ2) is 7.59. The minimum absolute atomic E-state index is 0.107. The number of nitrogens with one attached hydrogen (secondary N) is 2. The summed E-state index contributed by atoms with van der Waals surface area (Å²) in [5.74, 6) is -1.89. The van der Waals surface area contributed by atoms with Crippen LogP contribution in [0.4, 0.5) is 25.0 Å². The predicted octanol–water partition coefficient (Wildman–Crippen LogP) is 2.55. The molecular formula is C19H26F2N4O2. The fraction of sp³-hybridized carbons (Fsp3) is 0.632. The van der Waals surface area contributed by atoms with Crippen LogP contribution in [0.1, 0.15) is 25.7 Å². The molecule has 3 saturated heterocycles. The summed E-state index contributed by atoms with van der Waals surface area (Å²) in [6.45, 7) is 2.17. The van der Waals surface area contributed by atoms with E-state index < -0.39 is 11.6 Å². The summed E-state index contributed by atoms with van der Waals surface area (Å²) < 4.78 is 32.9. The van der Waals surface area contributed by atoms with E-state index in [4.69, 9.17) is 4.74 Å². The number of carbonyl (C=O) groups is 1. The van der Waals surface area contributed by atoms with Gasteiger partial charge in [0, 0.05) is 43.3 Å². The van der Waals surface area contributed by atoms with Gasteiger partial charge in [-0.1, -0.05) is 0 Å². The molecule has 3 aliphatic rings. The van der Waals surface area contributed by atoms with Gasteiger partial charge in [0.1, 0.15) is 0 Å². The van der Waals surface area contributed by atoms with Gasteiger partial charge in [-0.2, -0.15) is 0 Å². The molecule has 2 N–H and O–H groups in total.